The van der Waals surface area contributed by atoms with Gasteiger partial charge < -0.3 is 14.8 Å². The molecule has 5 rings (SSSR count). The van der Waals surface area contributed by atoms with E-state index in [0.29, 0.717) is 18.7 Å². The molecule has 0 spiro atoms. The zero-order chi connectivity index (χ0) is 28.7. The number of benzene rings is 3. The van der Waals surface area contributed by atoms with Gasteiger partial charge in [-0.2, -0.15) is 26.3 Å². The van der Waals surface area contributed by atoms with Gasteiger partial charge in [-0.05, 0) is 41.0 Å². The molecule has 1 atom stereocenters. The Balaban J connectivity index is 1.41. The number of piperazine rings is 1. The Bertz CT molecular complexity index is 1530. The molecule has 4 aromatic rings. The molecule has 1 saturated heterocycles. The quantitative estimate of drug-likeness (QED) is 0.304. The number of nitrogens with one attached hydrogen (secondary N) is 1. The van der Waals surface area contributed by atoms with Crippen molar-refractivity contribution in [2.45, 2.75) is 37.9 Å². The summed E-state index contributed by atoms with van der Waals surface area (Å²) < 4.78 is 81.9. The van der Waals surface area contributed by atoms with Crippen LogP contribution in [0.3, 0.4) is 0 Å². The number of para-hydroxylation sites is 1. The summed E-state index contributed by atoms with van der Waals surface area (Å²) in [7, 11) is 0. The summed E-state index contributed by atoms with van der Waals surface area (Å²) in [5, 5.41) is 3.49. The van der Waals surface area contributed by atoms with E-state index in [4.69, 9.17) is 0 Å². The first-order chi connectivity index (χ1) is 18.9. The second kappa shape index (κ2) is 10.4. The second-order valence-corrected chi connectivity index (χ2v) is 9.72. The van der Waals surface area contributed by atoms with Gasteiger partial charge in [-0.15, -0.1) is 0 Å². The molecule has 0 aliphatic carbocycles. The van der Waals surface area contributed by atoms with Crippen LogP contribution >= 0.6 is 0 Å². The Morgan fingerprint density at radius 3 is 2.05 bits per heavy atom. The van der Waals surface area contributed by atoms with Crippen molar-refractivity contribution in [1.29, 1.82) is 0 Å². The van der Waals surface area contributed by atoms with Crippen LogP contribution in [0.1, 0.15) is 27.8 Å². The summed E-state index contributed by atoms with van der Waals surface area (Å²) >= 11 is 0. The van der Waals surface area contributed by atoms with Crippen LogP contribution in [0.25, 0.3) is 10.9 Å². The van der Waals surface area contributed by atoms with E-state index >= 15 is 0 Å². The lowest BCUT2D eigenvalue weighted by Crippen LogP contribution is -2.58. The van der Waals surface area contributed by atoms with Crippen molar-refractivity contribution in [2.24, 2.45) is 0 Å². The first-order valence-corrected chi connectivity index (χ1v) is 12.4. The lowest BCUT2D eigenvalue weighted by atomic mass is 10.0. The number of fused-ring (bicyclic) bond motifs is 1. The van der Waals surface area contributed by atoms with Crippen LogP contribution in [0.15, 0.2) is 79.0 Å². The Kier molecular flexibility index (Phi) is 7.07. The molecule has 3 aromatic carbocycles. The molecule has 208 valence electrons. The summed E-state index contributed by atoms with van der Waals surface area (Å²) in [6.07, 6.45) is -8.05. The first-order valence-electron chi connectivity index (χ1n) is 12.4. The van der Waals surface area contributed by atoms with Crippen molar-refractivity contribution in [1.82, 2.24) is 14.8 Å². The molecule has 1 aromatic heterocycles. The highest BCUT2D eigenvalue weighted by Crippen LogP contribution is 2.36. The average molecular weight is 560 g/mol. The van der Waals surface area contributed by atoms with E-state index in [-0.39, 0.29) is 18.1 Å². The van der Waals surface area contributed by atoms with Gasteiger partial charge in [0.05, 0.1) is 17.7 Å². The van der Waals surface area contributed by atoms with Crippen LogP contribution in [0.5, 0.6) is 0 Å². The lowest BCUT2D eigenvalue weighted by Gasteiger charge is -2.33. The standard InChI is InChI=1S/C29H23F6N3O2/c30-28(31,32)21-10-19(11-22(13-21)29(33,34)35)15-38-17-26(39)36-24(27(38)40)12-20-16-37(14-18-6-2-1-3-7-18)25-9-5-4-8-23(20)25/h1-11,13,16,24H,12,14-15,17H2,(H,36,39). The van der Waals surface area contributed by atoms with Gasteiger partial charge in [-0.3, -0.25) is 9.59 Å². The third-order valence-corrected chi connectivity index (χ3v) is 6.79. The van der Waals surface area contributed by atoms with Gasteiger partial charge >= 0.3 is 12.4 Å². The average Bonchev–Trinajstić information content (AvgIpc) is 3.23. The van der Waals surface area contributed by atoms with Crippen LogP contribution in [0.4, 0.5) is 26.3 Å². The number of hydrogen-bond acceptors (Lipinski definition) is 2. The number of hydrogen-bond donors (Lipinski definition) is 1. The summed E-state index contributed by atoms with van der Waals surface area (Å²) in [6, 6.07) is 17.4. The molecule has 0 bridgehead atoms. The van der Waals surface area contributed by atoms with Crippen LogP contribution in [0.2, 0.25) is 0 Å². The van der Waals surface area contributed by atoms with Gasteiger partial charge in [-0.25, -0.2) is 0 Å². The van der Waals surface area contributed by atoms with E-state index in [1.807, 2.05) is 65.4 Å². The highest BCUT2D eigenvalue weighted by atomic mass is 19.4. The number of halogens is 6. The Hall–Kier alpha value is -4.28. The molecule has 11 heteroatoms. The fraction of sp³-hybridized carbons (Fsp3) is 0.241. The monoisotopic (exact) mass is 559 g/mol. The number of aromatic nitrogens is 1. The molecule has 0 saturated carbocycles. The SMILES string of the molecule is O=C1CN(Cc2cc(C(F)(F)F)cc(C(F)(F)F)c2)C(=O)C(Cc2cn(Cc3ccccc3)c3ccccc23)N1. The Labute approximate surface area is 225 Å². The zero-order valence-corrected chi connectivity index (χ0v) is 20.9. The molecule has 2 heterocycles. The molecule has 2 amide bonds. The van der Waals surface area contributed by atoms with E-state index in [1.54, 1.807) is 0 Å². The number of nitrogens with zero attached hydrogens (tertiary/aromatic N) is 2. The lowest BCUT2D eigenvalue weighted by molar-refractivity contribution is -0.145. The fourth-order valence-corrected chi connectivity index (χ4v) is 4.99. The van der Waals surface area contributed by atoms with Crippen molar-refractivity contribution in [3.63, 3.8) is 0 Å². The largest absolute Gasteiger partial charge is 0.416 e. The minimum atomic E-state index is -5.02. The van der Waals surface area contributed by atoms with Crippen molar-refractivity contribution in [3.05, 3.63) is 107 Å². The number of carbonyl (C=O) groups is 2. The van der Waals surface area contributed by atoms with Gasteiger partial charge in [0, 0.05) is 36.6 Å². The van der Waals surface area contributed by atoms with E-state index < -0.39 is 54.4 Å². The minimum absolute atomic E-state index is 0.0300. The highest BCUT2D eigenvalue weighted by Gasteiger charge is 2.38. The minimum Gasteiger partial charge on any atom is -0.343 e. The summed E-state index contributed by atoms with van der Waals surface area (Å²) in [5.41, 5.74) is -0.587. The number of rotatable bonds is 6. The molecule has 1 fully saturated rings. The van der Waals surface area contributed by atoms with E-state index in [9.17, 15) is 35.9 Å². The summed E-state index contributed by atoms with van der Waals surface area (Å²) in [5.74, 6) is -1.15. The molecule has 0 radical (unpaired) electrons. The van der Waals surface area contributed by atoms with Crippen LogP contribution in [0, 0.1) is 0 Å². The third-order valence-electron chi connectivity index (χ3n) is 6.79. The van der Waals surface area contributed by atoms with Crippen molar-refractivity contribution in [2.75, 3.05) is 6.54 Å². The van der Waals surface area contributed by atoms with Crippen LogP contribution in [-0.4, -0.2) is 33.9 Å². The smallest absolute Gasteiger partial charge is 0.343 e. The molecule has 1 unspecified atom stereocenters. The molecular formula is C29H23F6N3O2. The van der Waals surface area contributed by atoms with Crippen LogP contribution < -0.4 is 5.32 Å². The maximum Gasteiger partial charge on any atom is 0.416 e. The molecule has 40 heavy (non-hydrogen) atoms. The normalized spacial score (nSPS) is 16.4. The van der Waals surface area contributed by atoms with Gasteiger partial charge in [0.15, 0.2) is 0 Å². The number of carbonyl (C=O) groups excluding carboxylic acids is 2. The second-order valence-electron chi connectivity index (χ2n) is 9.72. The maximum absolute atomic E-state index is 13.3. The third kappa shape index (κ3) is 5.83. The van der Waals surface area contributed by atoms with E-state index in [1.165, 1.54) is 0 Å². The van der Waals surface area contributed by atoms with Gasteiger partial charge in [0.2, 0.25) is 11.8 Å². The van der Waals surface area contributed by atoms with E-state index in [2.05, 4.69) is 5.32 Å². The number of amides is 2. The Morgan fingerprint density at radius 1 is 0.775 bits per heavy atom. The van der Waals surface area contributed by atoms with Gasteiger partial charge in [-0.1, -0.05) is 48.5 Å². The van der Waals surface area contributed by atoms with E-state index in [0.717, 1.165) is 26.9 Å². The molecule has 1 N–H and O–H groups in total. The first kappa shape index (κ1) is 27.3. The zero-order valence-electron chi connectivity index (χ0n) is 20.9. The molecular weight excluding hydrogens is 536 g/mol. The van der Waals surface area contributed by atoms with Crippen molar-refractivity contribution >= 4 is 22.7 Å². The maximum atomic E-state index is 13.3. The molecule has 5 nitrogen and oxygen atoms in total. The molecule has 1 aliphatic heterocycles. The van der Waals surface area contributed by atoms with Crippen LogP contribution in [-0.2, 0) is 41.5 Å². The predicted octanol–water partition coefficient (Wildman–Crippen LogP) is 5.80. The van der Waals surface area contributed by atoms with Gasteiger partial charge in [0.25, 0.3) is 0 Å². The van der Waals surface area contributed by atoms with Crippen molar-refractivity contribution < 1.29 is 35.9 Å². The predicted molar refractivity (Wildman–Crippen MR) is 135 cm³/mol. The van der Waals surface area contributed by atoms with Crippen molar-refractivity contribution in [3.8, 4) is 0 Å². The number of alkyl halides is 6. The highest BCUT2D eigenvalue weighted by molar-refractivity contribution is 5.95. The fourth-order valence-electron chi connectivity index (χ4n) is 4.99. The molecule has 1 aliphatic rings. The summed E-state index contributed by atoms with van der Waals surface area (Å²) in [6.45, 7) is -0.496. The summed E-state index contributed by atoms with van der Waals surface area (Å²) in [4.78, 5) is 26.8. The van der Waals surface area contributed by atoms with Gasteiger partial charge in [0.1, 0.15) is 6.04 Å². The topological polar surface area (TPSA) is 54.3 Å². The Morgan fingerprint density at radius 2 is 1.40 bits per heavy atom.